The van der Waals surface area contributed by atoms with Crippen molar-refractivity contribution < 1.29 is 9.59 Å². The number of anilines is 2. The predicted octanol–water partition coefficient (Wildman–Crippen LogP) is 0.809. The first-order valence-corrected chi connectivity index (χ1v) is 4.96. The van der Waals surface area contributed by atoms with Crippen LogP contribution in [0.3, 0.4) is 0 Å². The van der Waals surface area contributed by atoms with E-state index in [0.717, 1.165) is 11.4 Å². The monoisotopic (exact) mass is 219 g/mol. The van der Waals surface area contributed by atoms with Gasteiger partial charge in [0.25, 0.3) is 0 Å². The average Bonchev–Trinajstić information content (AvgIpc) is 2.58. The van der Waals surface area contributed by atoms with E-state index in [1.807, 2.05) is 43.3 Å². The molecule has 1 aliphatic heterocycles. The standard InChI is InChI=1S/C11H13N3O2/c1-13(2)8-3-5-9(6-4-8)14-7-10(15)12-11(14)16/h3-6H,7H2,1-2H3,(H,12,15,16). The summed E-state index contributed by atoms with van der Waals surface area (Å²) in [6, 6.07) is 7.11. The minimum absolute atomic E-state index is 0.0974. The number of carbonyl (C=O) groups is 2. The first kappa shape index (κ1) is 10.5. The second-order valence-electron chi connectivity index (χ2n) is 3.85. The third-order valence-electron chi connectivity index (χ3n) is 2.47. The molecule has 1 aromatic carbocycles. The van der Waals surface area contributed by atoms with Gasteiger partial charge in [0.2, 0.25) is 5.91 Å². The minimum Gasteiger partial charge on any atom is -0.378 e. The molecule has 1 N–H and O–H groups in total. The molecule has 1 aromatic rings. The SMILES string of the molecule is CN(C)c1ccc(N2CC(=O)NC2=O)cc1. The fourth-order valence-corrected chi connectivity index (χ4v) is 1.58. The number of carbonyl (C=O) groups excluding carboxylic acids is 2. The van der Waals surface area contributed by atoms with Crippen LogP contribution in [0.2, 0.25) is 0 Å². The molecule has 0 bridgehead atoms. The van der Waals surface area contributed by atoms with Gasteiger partial charge >= 0.3 is 6.03 Å². The zero-order valence-corrected chi connectivity index (χ0v) is 9.23. The fourth-order valence-electron chi connectivity index (χ4n) is 1.58. The van der Waals surface area contributed by atoms with Crippen LogP contribution in [-0.4, -0.2) is 32.6 Å². The first-order chi connectivity index (χ1) is 7.58. The van der Waals surface area contributed by atoms with Crippen molar-refractivity contribution in [3.63, 3.8) is 0 Å². The van der Waals surface area contributed by atoms with E-state index in [1.54, 1.807) is 0 Å². The highest BCUT2D eigenvalue weighted by atomic mass is 16.2. The fraction of sp³-hybridized carbons (Fsp3) is 0.273. The maximum Gasteiger partial charge on any atom is 0.329 e. The number of nitrogens with one attached hydrogen (secondary N) is 1. The van der Waals surface area contributed by atoms with Crippen molar-refractivity contribution in [2.45, 2.75) is 0 Å². The zero-order valence-electron chi connectivity index (χ0n) is 9.23. The van der Waals surface area contributed by atoms with Crippen molar-refractivity contribution in [3.05, 3.63) is 24.3 Å². The quantitative estimate of drug-likeness (QED) is 0.749. The Morgan fingerprint density at radius 1 is 1.19 bits per heavy atom. The third-order valence-corrected chi connectivity index (χ3v) is 2.47. The lowest BCUT2D eigenvalue weighted by molar-refractivity contribution is -0.117. The van der Waals surface area contributed by atoms with Gasteiger partial charge in [-0.2, -0.15) is 0 Å². The number of hydrogen-bond acceptors (Lipinski definition) is 3. The van der Waals surface area contributed by atoms with Crippen LogP contribution in [0, 0.1) is 0 Å². The molecule has 3 amide bonds. The summed E-state index contributed by atoms with van der Waals surface area (Å²) < 4.78 is 0. The van der Waals surface area contributed by atoms with E-state index in [0.29, 0.717) is 0 Å². The number of benzene rings is 1. The number of imide groups is 1. The lowest BCUT2D eigenvalue weighted by Gasteiger charge is -2.16. The summed E-state index contributed by atoms with van der Waals surface area (Å²) >= 11 is 0. The van der Waals surface area contributed by atoms with Gasteiger partial charge in [-0.25, -0.2) is 4.79 Å². The summed E-state index contributed by atoms with van der Waals surface area (Å²) in [6.45, 7) is 0.0974. The van der Waals surface area contributed by atoms with Crippen LogP contribution in [0.1, 0.15) is 0 Å². The van der Waals surface area contributed by atoms with Crippen molar-refractivity contribution in [2.75, 3.05) is 30.4 Å². The van der Waals surface area contributed by atoms with E-state index in [4.69, 9.17) is 0 Å². The molecule has 0 aromatic heterocycles. The van der Waals surface area contributed by atoms with Crippen LogP contribution in [-0.2, 0) is 4.79 Å². The topological polar surface area (TPSA) is 52.6 Å². The molecule has 1 aliphatic rings. The van der Waals surface area contributed by atoms with Gasteiger partial charge in [-0.15, -0.1) is 0 Å². The van der Waals surface area contributed by atoms with Crippen LogP contribution in [0.4, 0.5) is 16.2 Å². The van der Waals surface area contributed by atoms with Gasteiger partial charge in [0, 0.05) is 25.5 Å². The van der Waals surface area contributed by atoms with Crippen LogP contribution in [0.15, 0.2) is 24.3 Å². The molecule has 1 heterocycles. The summed E-state index contributed by atoms with van der Waals surface area (Å²) in [4.78, 5) is 25.8. The highest BCUT2D eigenvalue weighted by Gasteiger charge is 2.27. The molecular formula is C11H13N3O2. The first-order valence-electron chi connectivity index (χ1n) is 4.96. The second-order valence-corrected chi connectivity index (χ2v) is 3.85. The number of amides is 3. The van der Waals surface area contributed by atoms with Gasteiger partial charge in [-0.3, -0.25) is 15.0 Å². The minimum atomic E-state index is -0.359. The van der Waals surface area contributed by atoms with Gasteiger partial charge in [0.05, 0.1) is 0 Å². The normalized spacial score (nSPS) is 15.2. The Morgan fingerprint density at radius 3 is 2.25 bits per heavy atom. The van der Waals surface area contributed by atoms with Gasteiger partial charge in [-0.05, 0) is 24.3 Å². The van der Waals surface area contributed by atoms with E-state index in [-0.39, 0.29) is 18.5 Å². The van der Waals surface area contributed by atoms with Crippen molar-refractivity contribution in [3.8, 4) is 0 Å². The molecule has 5 nitrogen and oxygen atoms in total. The molecule has 0 radical (unpaired) electrons. The largest absolute Gasteiger partial charge is 0.378 e. The third kappa shape index (κ3) is 1.84. The van der Waals surface area contributed by atoms with Crippen molar-refractivity contribution in [1.29, 1.82) is 0 Å². The van der Waals surface area contributed by atoms with Crippen molar-refractivity contribution in [2.24, 2.45) is 0 Å². The zero-order chi connectivity index (χ0) is 11.7. The lowest BCUT2D eigenvalue weighted by Crippen LogP contribution is -2.27. The molecular weight excluding hydrogens is 206 g/mol. The predicted molar refractivity (Wildman–Crippen MR) is 61.7 cm³/mol. The van der Waals surface area contributed by atoms with Crippen LogP contribution in [0.5, 0.6) is 0 Å². The van der Waals surface area contributed by atoms with Crippen LogP contribution >= 0.6 is 0 Å². The molecule has 16 heavy (non-hydrogen) atoms. The van der Waals surface area contributed by atoms with Gasteiger partial charge in [-0.1, -0.05) is 0 Å². The second kappa shape index (κ2) is 3.84. The Bertz CT molecular complexity index is 425. The van der Waals surface area contributed by atoms with Crippen molar-refractivity contribution >= 4 is 23.3 Å². The summed E-state index contributed by atoms with van der Waals surface area (Å²) in [7, 11) is 3.89. The molecule has 0 aliphatic carbocycles. The van der Waals surface area contributed by atoms with E-state index < -0.39 is 0 Å². The van der Waals surface area contributed by atoms with Crippen LogP contribution < -0.4 is 15.1 Å². The molecule has 5 heteroatoms. The Kier molecular flexibility index (Phi) is 2.52. The number of urea groups is 1. The smallest absolute Gasteiger partial charge is 0.329 e. The summed E-state index contributed by atoms with van der Waals surface area (Å²) in [6.07, 6.45) is 0. The van der Waals surface area contributed by atoms with Gasteiger partial charge < -0.3 is 4.90 Å². The Balaban J connectivity index is 2.22. The average molecular weight is 219 g/mol. The van der Waals surface area contributed by atoms with E-state index in [9.17, 15) is 9.59 Å². The molecule has 0 saturated carbocycles. The van der Waals surface area contributed by atoms with Crippen molar-refractivity contribution in [1.82, 2.24) is 5.32 Å². The summed E-state index contributed by atoms with van der Waals surface area (Å²) in [5.74, 6) is -0.262. The van der Waals surface area contributed by atoms with Crippen LogP contribution in [0.25, 0.3) is 0 Å². The maximum atomic E-state index is 11.4. The molecule has 0 unspecified atom stereocenters. The highest BCUT2D eigenvalue weighted by Crippen LogP contribution is 2.20. The van der Waals surface area contributed by atoms with Gasteiger partial charge in [0.1, 0.15) is 6.54 Å². The molecule has 2 rings (SSSR count). The van der Waals surface area contributed by atoms with E-state index in [1.165, 1.54) is 4.90 Å². The Hall–Kier alpha value is -2.04. The highest BCUT2D eigenvalue weighted by molar-refractivity contribution is 6.12. The lowest BCUT2D eigenvalue weighted by atomic mass is 10.2. The van der Waals surface area contributed by atoms with E-state index >= 15 is 0 Å². The Labute approximate surface area is 93.6 Å². The molecule has 1 saturated heterocycles. The number of rotatable bonds is 2. The summed E-state index contributed by atoms with van der Waals surface area (Å²) in [5.41, 5.74) is 1.78. The Morgan fingerprint density at radius 2 is 1.81 bits per heavy atom. The maximum absolute atomic E-state index is 11.4. The van der Waals surface area contributed by atoms with E-state index in [2.05, 4.69) is 5.32 Å². The number of nitrogens with zero attached hydrogens (tertiary/aromatic N) is 2. The molecule has 0 spiro atoms. The molecule has 84 valence electrons. The summed E-state index contributed by atoms with van der Waals surface area (Å²) in [5, 5.41) is 2.24. The molecule has 0 atom stereocenters. The molecule has 1 fully saturated rings. The van der Waals surface area contributed by atoms with Gasteiger partial charge in [0.15, 0.2) is 0 Å². The number of hydrogen-bond donors (Lipinski definition) is 1.